The zero-order valence-electron chi connectivity index (χ0n) is 18.8. The van der Waals surface area contributed by atoms with E-state index in [1.165, 1.54) is 11.3 Å². The van der Waals surface area contributed by atoms with Gasteiger partial charge in [-0.1, -0.05) is 60.7 Å². The van der Waals surface area contributed by atoms with Crippen LogP contribution in [0.1, 0.15) is 12.5 Å². The standard InChI is InChI=1S/C27H31N3O2/c1-21(27(31)28-26-11-7-6-10-25(26)23-8-4-3-5-9-23)29(2)20-22-12-14-24(15-13-22)30-16-18-32-19-17-30/h3-15,21H,16-20H2,1-2H3,(H,28,31)/t21-/m1/s1. The summed E-state index contributed by atoms with van der Waals surface area (Å²) in [6, 6.07) is 26.4. The first-order chi connectivity index (χ1) is 15.6. The number of hydrogen-bond acceptors (Lipinski definition) is 4. The van der Waals surface area contributed by atoms with Gasteiger partial charge in [0, 0.05) is 36.6 Å². The van der Waals surface area contributed by atoms with E-state index >= 15 is 0 Å². The highest BCUT2D eigenvalue weighted by molar-refractivity contribution is 5.98. The molecule has 166 valence electrons. The first-order valence-electron chi connectivity index (χ1n) is 11.2. The van der Waals surface area contributed by atoms with Gasteiger partial charge >= 0.3 is 0 Å². The molecular weight excluding hydrogens is 398 g/mol. The summed E-state index contributed by atoms with van der Waals surface area (Å²) in [5.74, 6) is -0.0131. The Hall–Kier alpha value is -3.15. The molecule has 0 aliphatic carbocycles. The van der Waals surface area contributed by atoms with Crippen LogP contribution in [0.15, 0.2) is 78.9 Å². The second kappa shape index (κ2) is 10.4. The van der Waals surface area contributed by atoms with Crippen molar-refractivity contribution >= 4 is 17.3 Å². The number of hydrogen-bond donors (Lipinski definition) is 1. The zero-order chi connectivity index (χ0) is 22.3. The van der Waals surface area contributed by atoms with Gasteiger partial charge in [0.1, 0.15) is 0 Å². The molecule has 5 nitrogen and oxygen atoms in total. The third-order valence-corrected chi connectivity index (χ3v) is 6.05. The molecule has 0 bridgehead atoms. The Morgan fingerprint density at radius 1 is 0.969 bits per heavy atom. The van der Waals surface area contributed by atoms with Crippen LogP contribution in [0.25, 0.3) is 11.1 Å². The van der Waals surface area contributed by atoms with Crippen molar-refractivity contribution in [3.63, 3.8) is 0 Å². The molecule has 1 aliphatic heterocycles. The van der Waals surface area contributed by atoms with Gasteiger partial charge in [0.15, 0.2) is 0 Å². The number of carbonyl (C=O) groups is 1. The summed E-state index contributed by atoms with van der Waals surface area (Å²) in [6.07, 6.45) is 0. The fraction of sp³-hybridized carbons (Fsp3) is 0.296. The van der Waals surface area contributed by atoms with Gasteiger partial charge < -0.3 is 15.0 Å². The number of para-hydroxylation sites is 1. The summed E-state index contributed by atoms with van der Waals surface area (Å²) in [6.45, 7) is 6.08. The Labute approximate surface area is 190 Å². The molecule has 0 radical (unpaired) electrons. The molecule has 1 N–H and O–H groups in total. The van der Waals surface area contributed by atoms with Crippen LogP contribution in [-0.2, 0) is 16.1 Å². The van der Waals surface area contributed by atoms with Crippen molar-refractivity contribution in [2.75, 3.05) is 43.6 Å². The molecule has 32 heavy (non-hydrogen) atoms. The summed E-state index contributed by atoms with van der Waals surface area (Å²) in [5, 5.41) is 3.13. The van der Waals surface area contributed by atoms with Crippen molar-refractivity contribution in [3.8, 4) is 11.1 Å². The zero-order valence-corrected chi connectivity index (χ0v) is 18.8. The van der Waals surface area contributed by atoms with E-state index in [4.69, 9.17) is 4.74 Å². The molecular formula is C27H31N3O2. The van der Waals surface area contributed by atoms with Gasteiger partial charge in [0.25, 0.3) is 0 Å². The molecule has 0 saturated carbocycles. The predicted octanol–water partition coefficient (Wildman–Crippen LogP) is 4.65. The van der Waals surface area contributed by atoms with Crippen LogP contribution in [-0.4, -0.2) is 50.2 Å². The number of nitrogens with zero attached hydrogens (tertiary/aromatic N) is 2. The Morgan fingerprint density at radius 3 is 2.34 bits per heavy atom. The van der Waals surface area contributed by atoms with Gasteiger partial charge in [-0.15, -0.1) is 0 Å². The predicted molar refractivity (Wildman–Crippen MR) is 131 cm³/mol. The van der Waals surface area contributed by atoms with Crippen molar-refractivity contribution < 1.29 is 9.53 Å². The molecule has 1 atom stereocenters. The summed E-state index contributed by atoms with van der Waals surface area (Å²) < 4.78 is 5.44. The van der Waals surface area contributed by atoms with Crippen molar-refractivity contribution in [1.82, 2.24) is 4.90 Å². The van der Waals surface area contributed by atoms with E-state index in [1.54, 1.807) is 0 Å². The number of benzene rings is 3. The quantitative estimate of drug-likeness (QED) is 0.594. The van der Waals surface area contributed by atoms with Crippen LogP contribution < -0.4 is 10.2 Å². The third kappa shape index (κ3) is 5.36. The summed E-state index contributed by atoms with van der Waals surface area (Å²) >= 11 is 0. The van der Waals surface area contributed by atoms with Gasteiger partial charge in [-0.25, -0.2) is 0 Å². The van der Waals surface area contributed by atoms with E-state index < -0.39 is 0 Å². The molecule has 1 saturated heterocycles. The van der Waals surface area contributed by atoms with Crippen molar-refractivity contribution in [1.29, 1.82) is 0 Å². The number of carbonyl (C=O) groups excluding carboxylic acids is 1. The van der Waals surface area contributed by atoms with Gasteiger partial charge in [-0.2, -0.15) is 0 Å². The van der Waals surface area contributed by atoms with Gasteiger partial charge in [-0.3, -0.25) is 9.69 Å². The fourth-order valence-electron chi connectivity index (χ4n) is 3.96. The van der Waals surface area contributed by atoms with Crippen molar-refractivity contribution in [2.45, 2.75) is 19.5 Å². The number of amides is 1. The fourth-order valence-corrected chi connectivity index (χ4v) is 3.96. The highest BCUT2D eigenvalue weighted by Crippen LogP contribution is 2.28. The average molecular weight is 430 g/mol. The summed E-state index contributed by atoms with van der Waals surface area (Å²) in [4.78, 5) is 17.4. The molecule has 1 aliphatic rings. The van der Waals surface area contributed by atoms with Crippen LogP contribution in [0.4, 0.5) is 11.4 Å². The highest BCUT2D eigenvalue weighted by Gasteiger charge is 2.20. The van der Waals surface area contributed by atoms with Crippen LogP contribution in [0.3, 0.4) is 0 Å². The Balaban J connectivity index is 1.38. The number of ether oxygens (including phenoxy) is 1. The van der Waals surface area contributed by atoms with Crippen LogP contribution >= 0.6 is 0 Å². The molecule has 0 unspecified atom stereocenters. The maximum atomic E-state index is 13.0. The Kier molecular flexibility index (Phi) is 7.20. The van der Waals surface area contributed by atoms with Crippen LogP contribution in [0.2, 0.25) is 0 Å². The van der Waals surface area contributed by atoms with Crippen LogP contribution in [0.5, 0.6) is 0 Å². The molecule has 1 fully saturated rings. The molecule has 0 aromatic heterocycles. The molecule has 3 aromatic carbocycles. The topological polar surface area (TPSA) is 44.8 Å². The lowest BCUT2D eigenvalue weighted by Crippen LogP contribution is -2.39. The molecule has 1 amide bonds. The van der Waals surface area contributed by atoms with Crippen molar-refractivity contribution in [2.24, 2.45) is 0 Å². The number of anilines is 2. The van der Waals surface area contributed by atoms with Gasteiger partial charge in [0.2, 0.25) is 5.91 Å². The second-order valence-electron chi connectivity index (χ2n) is 8.26. The van der Waals surface area contributed by atoms with Gasteiger partial charge in [-0.05, 0) is 43.3 Å². The first kappa shape index (κ1) is 22.1. The lowest BCUT2D eigenvalue weighted by molar-refractivity contribution is -0.120. The van der Waals surface area contributed by atoms with E-state index in [-0.39, 0.29) is 11.9 Å². The first-order valence-corrected chi connectivity index (χ1v) is 11.2. The minimum atomic E-state index is -0.266. The molecule has 5 heteroatoms. The lowest BCUT2D eigenvalue weighted by Gasteiger charge is -2.29. The largest absolute Gasteiger partial charge is 0.378 e. The molecule has 0 spiro atoms. The van der Waals surface area contributed by atoms with Crippen molar-refractivity contribution in [3.05, 3.63) is 84.4 Å². The monoisotopic (exact) mass is 429 g/mol. The Morgan fingerprint density at radius 2 is 1.62 bits per heavy atom. The average Bonchev–Trinajstić information content (AvgIpc) is 2.85. The van der Waals surface area contributed by atoms with E-state index in [1.807, 2.05) is 56.4 Å². The SMILES string of the molecule is C[C@H](C(=O)Nc1ccccc1-c1ccccc1)N(C)Cc1ccc(N2CCOCC2)cc1. The molecule has 3 aromatic rings. The maximum Gasteiger partial charge on any atom is 0.241 e. The normalized spacial score (nSPS) is 14.9. The van der Waals surface area contributed by atoms with Crippen LogP contribution in [0, 0.1) is 0 Å². The maximum absolute atomic E-state index is 13.0. The minimum absolute atomic E-state index is 0.0131. The number of morpholine rings is 1. The highest BCUT2D eigenvalue weighted by atomic mass is 16.5. The third-order valence-electron chi connectivity index (χ3n) is 6.05. The smallest absolute Gasteiger partial charge is 0.241 e. The van der Waals surface area contributed by atoms with Gasteiger partial charge in [0.05, 0.1) is 19.3 Å². The number of nitrogens with one attached hydrogen (secondary N) is 1. The summed E-state index contributed by atoms with van der Waals surface area (Å²) in [5.41, 5.74) is 5.36. The minimum Gasteiger partial charge on any atom is -0.378 e. The number of rotatable bonds is 7. The second-order valence-corrected chi connectivity index (χ2v) is 8.26. The van der Waals surface area contributed by atoms with E-state index in [9.17, 15) is 4.79 Å². The number of likely N-dealkylation sites (N-methyl/N-ethyl adjacent to an activating group) is 1. The lowest BCUT2D eigenvalue weighted by atomic mass is 10.0. The van der Waals surface area contributed by atoms with E-state index in [0.29, 0.717) is 6.54 Å². The van der Waals surface area contributed by atoms with E-state index in [2.05, 4.69) is 51.5 Å². The summed E-state index contributed by atoms with van der Waals surface area (Å²) in [7, 11) is 1.99. The van der Waals surface area contributed by atoms with E-state index in [0.717, 1.165) is 43.1 Å². The molecule has 1 heterocycles. The molecule has 4 rings (SSSR count). The Bertz CT molecular complexity index is 1010.